The molecule has 94 valence electrons. The second-order valence-electron chi connectivity index (χ2n) is 4.03. The average molecular weight is 245 g/mol. The molecule has 0 aliphatic rings. The Morgan fingerprint density at radius 2 is 1.50 bits per heavy atom. The smallest absolute Gasteiger partial charge is 0.123 e. The topological polar surface area (TPSA) is 35.2 Å². The number of ether oxygens (including phenoxy) is 1. The zero-order valence-corrected chi connectivity index (χ0v) is 10.3. The van der Waals surface area contributed by atoms with Gasteiger partial charge >= 0.3 is 0 Å². The van der Waals surface area contributed by atoms with Gasteiger partial charge in [0, 0.05) is 0 Å². The first-order chi connectivity index (χ1) is 8.70. The van der Waals surface area contributed by atoms with Gasteiger partial charge in [-0.2, -0.15) is 0 Å². The molecule has 18 heavy (non-hydrogen) atoms. The molecule has 1 unspecified atom stereocenters. The van der Waals surface area contributed by atoms with E-state index >= 15 is 0 Å². The van der Waals surface area contributed by atoms with E-state index in [1.54, 1.807) is 12.1 Å². The maximum atomic E-state index is 12.8. The van der Waals surface area contributed by atoms with Crippen LogP contribution in [0.2, 0.25) is 0 Å². The molecule has 0 aliphatic heterocycles. The third kappa shape index (κ3) is 2.87. The zero-order valence-electron chi connectivity index (χ0n) is 10.3. The Kier molecular flexibility index (Phi) is 3.95. The van der Waals surface area contributed by atoms with Crippen LogP contribution in [0, 0.1) is 5.82 Å². The zero-order chi connectivity index (χ0) is 13.0. The predicted molar refractivity (Wildman–Crippen MR) is 70.0 cm³/mol. The van der Waals surface area contributed by atoms with Crippen LogP contribution in [0.4, 0.5) is 4.39 Å². The van der Waals surface area contributed by atoms with E-state index in [0.29, 0.717) is 6.61 Å². The first kappa shape index (κ1) is 12.6. The summed E-state index contributed by atoms with van der Waals surface area (Å²) in [5.74, 6) is 0.574. The van der Waals surface area contributed by atoms with Crippen molar-refractivity contribution in [3.8, 4) is 5.75 Å². The van der Waals surface area contributed by atoms with Gasteiger partial charge in [0.15, 0.2) is 0 Å². The van der Waals surface area contributed by atoms with Crippen LogP contribution in [0.3, 0.4) is 0 Å². The Bertz CT molecular complexity index is 493. The van der Waals surface area contributed by atoms with Gasteiger partial charge in [-0.05, 0) is 42.3 Å². The highest BCUT2D eigenvalue weighted by atomic mass is 19.1. The Morgan fingerprint density at radius 3 is 2.00 bits per heavy atom. The molecule has 0 amide bonds. The van der Waals surface area contributed by atoms with Gasteiger partial charge < -0.3 is 10.5 Å². The van der Waals surface area contributed by atoms with Crippen molar-refractivity contribution in [2.75, 3.05) is 6.61 Å². The van der Waals surface area contributed by atoms with Crippen LogP contribution >= 0.6 is 0 Å². The molecule has 2 N–H and O–H groups in total. The summed E-state index contributed by atoms with van der Waals surface area (Å²) in [7, 11) is 0. The Balaban J connectivity index is 2.17. The fourth-order valence-corrected chi connectivity index (χ4v) is 1.80. The van der Waals surface area contributed by atoms with Crippen molar-refractivity contribution < 1.29 is 9.13 Å². The summed E-state index contributed by atoms with van der Waals surface area (Å²) in [6.45, 7) is 2.58. The first-order valence-corrected chi connectivity index (χ1v) is 5.94. The molecule has 3 heteroatoms. The van der Waals surface area contributed by atoms with E-state index in [-0.39, 0.29) is 11.9 Å². The molecule has 0 saturated heterocycles. The van der Waals surface area contributed by atoms with Gasteiger partial charge in [0.1, 0.15) is 11.6 Å². The number of hydrogen-bond acceptors (Lipinski definition) is 2. The molecule has 2 nitrogen and oxygen atoms in total. The van der Waals surface area contributed by atoms with Crippen LogP contribution in [0.5, 0.6) is 5.75 Å². The molecule has 0 aliphatic carbocycles. The molecular formula is C15H16FNO. The Morgan fingerprint density at radius 1 is 1.00 bits per heavy atom. The Labute approximate surface area is 106 Å². The number of benzene rings is 2. The van der Waals surface area contributed by atoms with Gasteiger partial charge in [0.25, 0.3) is 0 Å². The van der Waals surface area contributed by atoms with Crippen LogP contribution in [0.15, 0.2) is 48.5 Å². The highest BCUT2D eigenvalue weighted by Crippen LogP contribution is 2.22. The van der Waals surface area contributed by atoms with Crippen molar-refractivity contribution >= 4 is 0 Å². The minimum atomic E-state index is -0.252. The van der Waals surface area contributed by atoms with Crippen molar-refractivity contribution in [2.45, 2.75) is 13.0 Å². The summed E-state index contributed by atoms with van der Waals surface area (Å²) in [6, 6.07) is 13.6. The number of halogens is 1. The molecule has 2 aromatic rings. The maximum absolute atomic E-state index is 12.8. The van der Waals surface area contributed by atoms with Crippen LogP contribution in [0.1, 0.15) is 24.1 Å². The summed E-state index contributed by atoms with van der Waals surface area (Å²) in [6.07, 6.45) is 0. The second kappa shape index (κ2) is 5.65. The SMILES string of the molecule is CCOc1ccc(C(N)c2ccc(F)cc2)cc1. The van der Waals surface area contributed by atoms with E-state index < -0.39 is 0 Å². The van der Waals surface area contributed by atoms with Crippen molar-refractivity contribution in [2.24, 2.45) is 5.73 Å². The van der Waals surface area contributed by atoms with Crippen molar-refractivity contribution in [3.05, 3.63) is 65.5 Å². The number of nitrogens with two attached hydrogens (primary N) is 1. The molecule has 0 radical (unpaired) electrons. The van der Waals surface area contributed by atoms with E-state index in [2.05, 4.69) is 0 Å². The van der Waals surface area contributed by atoms with Crippen molar-refractivity contribution in [1.29, 1.82) is 0 Å². The van der Waals surface area contributed by atoms with E-state index in [0.717, 1.165) is 16.9 Å². The third-order valence-corrected chi connectivity index (χ3v) is 2.78. The van der Waals surface area contributed by atoms with E-state index in [1.807, 2.05) is 31.2 Å². The molecule has 0 bridgehead atoms. The molecular weight excluding hydrogens is 229 g/mol. The van der Waals surface area contributed by atoms with Gasteiger partial charge in [-0.25, -0.2) is 4.39 Å². The van der Waals surface area contributed by atoms with Gasteiger partial charge in [-0.15, -0.1) is 0 Å². The van der Waals surface area contributed by atoms with E-state index in [9.17, 15) is 4.39 Å². The quantitative estimate of drug-likeness (QED) is 0.897. The number of hydrogen-bond donors (Lipinski definition) is 1. The fourth-order valence-electron chi connectivity index (χ4n) is 1.80. The molecule has 2 aromatic carbocycles. The summed E-state index contributed by atoms with van der Waals surface area (Å²) >= 11 is 0. The van der Waals surface area contributed by atoms with Crippen LogP contribution in [0.25, 0.3) is 0 Å². The van der Waals surface area contributed by atoms with Crippen molar-refractivity contribution in [3.63, 3.8) is 0 Å². The van der Waals surface area contributed by atoms with Gasteiger partial charge in [0.05, 0.1) is 12.6 Å². The molecule has 1 atom stereocenters. The number of rotatable bonds is 4. The highest BCUT2D eigenvalue weighted by Gasteiger charge is 2.08. The van der Waals surface area contributed by atoms with Crippen molar-refractivity contribution in [1.82, 2.24) is 0 Å². The summed E-state index contributed by atoms with van der Waals surface area (Å²) in [4.78, 5) is 0. The molecule has 0 saturated carbocycles. The molecule has 0 spiro atoms. The molecule has 0 fully saturated rings. The van der Waals surface area contributed by atoms with Crippen LogP contribution < -0.4 is 10.5 Å². The maximum Gasteiger partial charge on any atom is 0.123 e. The lowest BCUT2D eigenvalue weighted by Crippen LogP contribution is -2.11. The standard InChI is InChI=1S/C15H16FNO/c1-2-18-14-9-5-12(6-10-14)15(17)11-3-7-13(16)8-4-11/h3-10,15H,2,17H2,1H3. The summed E-state index contributed by atoms with van der Waals surface area (Å²) in [5.41, 5.74) is 7.99. The van der Waals surface area contributed by atoms with E-state index in [4.69, 9.17) is 10.5 Å². The predicted octanol–water partition coefficient (Wildman–Crippen LogP) is 3.27. The monoisotopic (exact) mass is 245 g/mol. The third-order valence-electron chi connectivity index (χ3n) is 2.78. The molecule has 0 aromatic heterocycles. The first-order valence-electron chi connectivity index (χ1n) is 5.94. The van der Waals surface area contributed by atoms with Gasteiger partial charge in [0.2, 0.25) is 0 Å². The van der Waals surface area contributed by atoms with Gasteiger partial charge in [-0.3, -0.25) is 0 Å². The molecule has 0 heterocycles. The second-order valence-corrected chi connectivity index (χ2v) is 4.03. The van der Waals surface area contributed by atoms with E-state index in [1.165, 1.54) is 12.1 Å². The molecule has 2 rings (SSSR count). The van der Waals surface area contributed by atoms with Crippen LogP contribution in [-0.4, -0.2) is 6.61 Å². The largest absolute Gasteiger partial charge is 0.494 e. The lowest BCUT2D eigenvalue weighted by molar-refractivity contribution is 0.340. The minimum absolute atomic E-state index is 0.249. The van der Waals surface area contributed by atoms with Crippen LogP contribution in [-0.2, 0) is 0 Å². The highest BCUT2D eigenvalue weighted by molar-refractivity contribution is 5.35. The lowest BCUT2D eigenvalue weighted by atomic mass is 10.00. The fraction of sp³-hybridized carbons (Fsp3) is 0.200. The minimum Gasteiger partial charge on any atom is -0.494 e. The lowest BCUT2D eigenvalue weighted by Gasteiger charge is -2.13. The Hall–Kier alpha value is -1.87. The summed E-state index contributed by atoms with van der Waals surface area (Å²) in [5, 5.41) is 0. The normalized spacial score (nSPS) is 12.2. The van der Waals surface area contributed by atoms with Gasteiger partial charge in [-0.1, -0.05) is 24.3 Å². The average Bonchev–Trinajstić information content (AvgIpc) is 2.40. The summed E-state index contributed by atoms with van der Waals surface area (Å²) < 4.78 is 18.2.